The van der Waals surface area contributed by atoms with Gasteiger partial charge in [-0.1, -0.05) is 53.7 Å². The molecule has 0 atom stereocenters. The maximum Gasteiger partial charge on any atom is 0.323 e. The second-order valence-corrected chi connectivity index (χ2v) is 15.5. The van der Waals surface area contributed by atoms with Gasteiger partial charge in [-0.05, 0) is 35.0 Å². The van der Waals surface area contributed by atoms with Crippen LogP contribution in [0.2, 0.25) is 16.6 Å². The maximum atomic E-state index is 15.4. The first-order valence-electron chi connectivity index (χ1n) is 10.8. The molecular weight excluding hydrogens is 406 g/mol. The Bertz CT molecular complexity index is 755. The number of halogens is 2. The minimum Gasteiger partial charge on any atom is -0.468 e. The number of rotatable bonds is 7. The van der Waals surface area contributed by atoms with Gasteiger partial charge in [0.25, 0.3) is 5.92 Å². The molecule has 170 valence electrons. The molecule has 30 heavy (non-hydrogen) atoms. The third kappa shape index (κ3) is 3.10. The fraction of sp³-hybridized carbons (Fsp3) is 0.739. The molecule has 0 radical (unpaired) electrons. The van der Waals surface area contributed by atoms with Crippen molar-refractivity contribution in [2.45, 2.75) is 90.3 Å². The highest BCUT2D eigenvalue weighted by atomic mass is 28.3. The van der Waals surface area contributed by atoms with Crippen LogP contribution >= 0.6 is 0 Å². The van der Waals surface area contributed by atoms with Gasteiger partial charge in [0.15, 0.2) is 5.41 Å². The van der Waals surface area contributed by atoms with E-state index in [1.807, 2.05) is 0 Å². The van der Waals surface area contributed by atoms with Gasteiger partial charge in [-0.25, -0.2) is 0 Å². The van der Waals surface area contributed by atoms with E-state index in [1.165, 1.54) is 14.2 Å². The summed E-state index contributed by atoms with van der Waals surface area (Å²) >= 11 is 0. The Kier molecular flexibility index (Phi) is 6.78. The van der Waals surface area contributed by atoms with Crippen molar-refractivity contribution < 1.29 is 27.8 Å². The van der Waals surface area contributed by atoms with Gasteiger partial charge in [0, 0.05) is 17.6 Å². The summed E-state index contributed by atoms with van der Waals surface area (Å²) in [5.74, 6) is -4.42. The largest absolute Gasteiger partial charge is 0.468 e. The van der Waals surface area contributed by atoms with Crippen LogP contribution < -0.4 is 0 Å². The second-order valence-electron chi connectivity index (χ2n) is 9.55. The third-order valence-corrected chi connectivity index (χ3v) is 14.7. The van der Waals surface area contributed by atoms with Crippen molar-refractivity contribution in [3.8, 4) is 0 Å². The third-order valence-electron chi connectivity index (χ3n) is 7.51. The highest BCUT2D eigenvalue weighted by Gasteiger charge is 2.65. The van der Waals surface area contributed by atoms with Crippen LogP contribution in [0.5, 0.6) is 0 Å². The number of carbonyl (C=O) groups excluding carboxylic acids is 2. The van der Waals surface area contributed by atoms with Gasteiger partial charge >= 0.3 is 11.9 Å². The molecule has 0 saturated heterocycles. The first-order chi connectivity index (χ1) is 13.8. The summed E-state index contributed by atoms with van der Waals surface area (Å²) in [6.45, 7) is 14.2. The smallest absolute Gasteiger partial charge is 0.323 e. The number of hydrogen-bond donors (Lipinski definition) is 0. The molecule has 0 aromatic carbocycles. The Morgan fingerprint density at radius 2 is 1.37 bits per heavy atom. The number of hydrogen-bond acceptors (Lipinski definition) is 4. The molecule has 0 aromatic rings. The number of carbonyl (C=O) groups is 2. The van der Waals surface area contributed by atoms with Crippen LogP contribution in [0.1, 0.15) is 67.7 Å². The van der Waals surface area contributed by atoms with Gasteiger partial charge in [-0.15, -0.1) is 0 Å². The Labute approximate surface area is 180 Å². The number of esters is 2. The lowest BCUT2D eigenvalue weighted by atomic mass is 9.63. The van der Waals surface area contributed by atoms with Gasteiger partial charge in [0.2, 0.25) is 0 Å². The summed E-state index contributed by atoms with van der Waals surface area (Å²) in [4.78, 5) is 25.9. The van der Waals surface area contributed by atoms with Crippen molar-refractivity contribution >= 4 is 20.0 Å². The van der Waals surface area contributed by atoms with E-state index in [0.29, 0.717) is 10.8 Å². The zero-order valence-corrected chi connectivity index (χ0v) is 20.7. The highest BCUT2D eigenvalue weighted by molar-refractivity contribution is 6.90. The number of allylic oxidation sites excluding steroid dienone is 4. The Morgan fingerprint density at radius 3 is 1.70 bits per heavy atom. The summed E-state index contributed by atoms with van der Waals surface area (Å²) < 4.78 is 40.9. The van der Waals surface area contributed by atoms with E-state index < -0.39 is 31.4 Å². The molecule has 0 spiro atoms. The molecule has 2 rings (SSSR count). The van der Waals surface area contributed by atoms with E-state index in [9.17, 15) is 9.59 Å². The molecular formula is C23H36F2O4Si. The lowest BCUT2D eigenvalue weighted by Crippen LogP contribution is -2.57. The predicted molar refractivity (Wildman–Crippen MR) is 116 cm³/mol. The highest BCUT2D eigenvalue weighted by Crippen LogP contribution is 2.64. The van der Waals surface area contributed by atoms with Crippen LogP contribution in [0, 0.1) is 5.41 Å². The fourth-order valence-electron chi connectivity index (χ4n) is 6.55. The first kappa shape index (κ1) is 24.8. The van der Waals surface area contributed by atoms with Gasteiger partial charge in [0.1, 0.15) is 0 Å². The van der Waals surface area contributed by atoms with Crippen molar-refractivity contribution in [1.29, 1.82) is 0 Å². The van der Waals surface area contributed by atoms with Gasteiger partial charge < -0.3 is 9.47 Å². The normalized spacial score (nSPS) is 20.5. The Balaban J connectivity index is 2.97. The van der Waals surface area contributed by atoms with Crippen molar-refractivity contribution in [2.75, 3.05) is 14.2 Å². The Morgan fingerprint density at radius 1 is 0.933 bits per heavy atom. The molecule has 0 heterocycles. The summed E-state index contributed by atoms with van der Waals surface area (Å²) in [6, 6.07) is 0. The van der Waals surface area contributed by atoms with Crippen molar-refractivity contribution in [3.05, 3.63) is 21.9 Å². The lowest BCUT2D eigenvalue weighted by molar-refractivity contribution is -0.169. The van der Waals surface area contributed by atoms with Crippen LogP contribution in [0.3, 0.4) is 0 Å². The Hall–Kier alpha value is -1.50. The van der Waals surface area contributed by atoms with Gasteiger partial charge in [-0.2, -0.15) is 8.78 Å². The van der Waals surface area contributed by atoms with Crippen LogP contribution in [-0.2, 0) is 19.1 Å². The maximum absolute atomic E-state index is 15.4. The number of fused-ring (bicyclic) bond motifs is 1. The molecule has 2 aliphatic rings. The molecule has 0 aromatic heterocycles. The molecule has 0 fully saturated rings. The molecule has 0 saturated carbocycles. The van der Waals surface area contributed by atoms with E-state index in [2.05, 4.69) is 41.5 Å². The summed E-state index contributed by atoms with van der Waals surface area (Å²) in [5.41, 5.74) is -0.516. The molecule has 7 heteroatoms. The molecule has 0 amide bonds. The van der Waals surface area contributed by atoms with Gasteiger partial charge in [0.05, 0.1) is 22.3 Å². The molecule has 0 N–H and O–H groups in total. The summed E-state index contributed by atoms with van der Waals surface area (Å²) in [7, 11) is -0.107. The van der Waals surface area contributed by atoms with Crippen molar-refractivity contribution in [2.24, 2.45) is 5.41 Å². The number of alkyl halides is 2. The summed E-state index contributed by atoms with van der Waals surface area (Å²) in [5, 5.41) is 0.654. The summed E-state index contributed by atoms with van der Waals surface area (Å²) in [6.07, 6.45) is 0.0539. The fourth-order valence-corrected chi connectivity index (χ4v) is 14.0. The standard InChI is InChI=1S/C23H36F2O4Si/c1-10-17-16-11-22(20(26)28-8,21(27)29-9)12-18(19(16)23(17,24)25)30(13(2)3,14(4)5)15(6)7/h13-15H,10-12H2,1-9H3. The number of ether oxygens (including phenoxy) is 2. The molecule has 2 aliphatic carbocycles. The first-order valence-corrected chi connectivity index (χ1v) is 13.0. The average Bonchev–Trinajstić information content (AvgIpc) is 2.65. The van der Waals surface area contributed by atoms with E-state index in [0.717, 1.165) is 0 Å². The minimum atomic E-state index is -3.01. The van der Waals surface area contributed by atoms with Crippen molar-refractivity contribution in [3.63, 3.8) is 0 Å². The number of methoxy groups -OCH3 is 2. The lowest BCUT2D eigenvalue weighted by Gasteiger charge is -2.54. The molecule has 0 bridgehead atoms. The molecule has 4 nitrogen and oxygen atoms in total. The quantitative estimate of drug-likeness (QED) is 0.276. The average molecular weight is 443 g/mol. The van der Waals surface area contributed by atoms with E-state index in [4.69, 9.17) is 9.47 Å². The zero-order valence-electron chi connectivity index (χ0n) is 19.7. The van der Waals surface area contributed by atoms with E-state index >= 15 is 8.78 Å². The SMILES string of the molecule is CCC1=C2CC(C(=O)OC)(C(=O)OC)CC([Si](C(C)C)(C(C)C)C(C)C)=C2C1(F)F. The monoisotopic (exact) mass is 442 g/mol. The van der Waals surface area contributed by atoms with Gasteiger partial charge in [-0.3, -0.25) is 9.59 Å². The predicted octanol–water partition coefficient (Wildman–Crippen LogP) is 5.98. The molecule has 0 unspecified atom stereocenters. The van der Waals surface area contributed by atoms with Crippen LogP contribution in [-0.4, -0.2) is 40.2 Å². The van der Waals surface area contributed by atoms with E-state index in [-0.39, 0.29) is 47.0 Å². The topological polar surface area (TPSA) is 52.6 Å². The minimum absolute atomic E-state index is 0.0334. The van der Waals surface area contributed by atoms with E-state index in [1.54, 1.807) is 6.92 Å². The second kappa shape index (κ2) is 8.21. The van der Waals surface area contributed by atoms with Crippen LogP contribution in [0.15, 0.2) is 21.9 Å². The van der Waals surface area contributed by atoms with Crippen molar-refractivity contribution in [1.82, 2.24) is 0 Å². The molecule has 0 aliphatic heterocycles. The van der Waals surface area contributed by atoms with Crippen LogP contribution in [0.25, 0.3) is 0 Å². The van der Waals surface area contributed by atoms with Crippen LogP contribution in [0.4, 0.5) is 8.78 Å². The zero-order chi connectivity index (χ0) is 23.2.